The van der Waals surface area contributed by atoms with Crippen molar-refractivity contribution in [1.29, 1.82) is 0 Å². The van der Waals surface area contributed by atoms with Crippen LogP contribution in [0, 0.1) is 5.82 Å². The summed E-state index contributed by atoms with van der Waals surface area (Å²) < 4.78 is 24.4. The Morgan fingerprint density at radius 1 is 1.28 bits per heavy atom. The summed E-state index contributed by atoms with van der Waals surface area (Å²) in [5, 5.41) is 7.28. The maximum atomic E-state index is 14.5. The summed E-state index contributed by atoms with van der Waals surface area (Å²) >= 11 is 6.07. The molecule has 0 spiro atoms. The number of aromatic amines is 1. The van der Waals surface area contributed by atoms with E-state index < -0.39 is 11.9 Å². The summed E-state index contributed by atoms with van der Waals surface area (Å²) in [6, 6.07) is 1.64. The van der Waals surface area contributed by atoms with Gasteiger partial charge >= 0.3 is 6.09 Å². The Bertz CT molecular complexity index is 1090. The van der Waals surface area contributed by atoms with Crippen molar-refractivity contribution < 1.29 is 18.7 Å². The minimum absolute atomic E-state index is 0.0515. The maximum absolute atomic E-state index is 14.5. The maximum Gasteiger partial charge on any atom is 0.407 e. The van der Waals surface area contributed by atoms with Crippen molar-refractivity contribution in [3.05, 3.63) is 35.5 Å². The highest BCUT2D eigenvalue weighted by Crippen LogP contribution is 2.29. The van der Waals surface area contributed by atoms with Crippen molar-refractivity contribution in [1.82, 2.24) is 25.3 Å². The third kappa shape index (κ3) is 5.25. The molecule has 1 fully saturated rings. The number of carbonyl (C=O) groups is 1. The van der Waals surface area contributed by atoms with Crippen molar-refractivity contribution in [2.24, 2.45) is 0 Å². The Kier molecular flexibility index (Phi) is 7.01. The number of hydrogen-bond donors (Lipinski definition) is 3. The smallest absolute Gasteiger partial charge is 0.407 e. The number of alkyl carbamates (subject to hydrolysis) is 1. The molecule has 3 aromatic heterocycles. The number of anilines is 1. The van der Waals surface area contributed by atoms with Gasteiger partial charge in [-0.05, 0) is 31.7 Å². The van der Waals surface area contributed by atoms with E-state index in [2.05, 4.69) is 30.6 Å². The molecule has 4 rings (SSSR count). The first kappa shape index (κ1) is 22.2. The monoisotopic (exact) mass is 462 g/mol. The van der Waals surface area contributed by atoms with E-state index in [1.165, 1.54) is 0 Å². The molecule has 1 aliphatic rings. The van der Waals surface area contributed by atoms with Gasteiger partial charge in [-0.15, -0.1) is 0 Å². The van der Waals surface area contributed by atoms with Gasteiger partial charge in [0, 0.05) is 42.5 Å². The SMILES string of the molecule is COCCOC(=O)NC1CCCC(Nc2nc(-c3c[nH]c4ncc(Cl)cc34)ncc2F)C1. The Morgan fingerprint density at radius 2 is 2.12 bits per heavy atom. The van der Waals surface area contributed by atoms with E-state index in [0.717, 1.165) is 30.8 Å². The van der Waals surface area contributed by atoms with Gasteiger partial charge in [-0.25, -0.2) is 24.1 Å². The lowest BCUT2D eigenvalue weighted by molar-refractivity contribution is 0.0950. The number of carbonyl (C=O) groups excluding carboxylic acids is 1. The largest absolute Gasteiger partial charge is 0.447 e. The number of halogens is 2. The standard InChI is InChI=1S/C21H24ClFN6O3/c1-31-5-6-32-21(30)28-14-4-2-3-13(8-14)27-20-17(23)11-26-19(29-20)16-10-25-18-15(16)7-12(22)9-24-18/h7,9-11,13-14H,2-6,8H2,1H3,(H,24,25)(H,28,30)(H,26,27,29). The summed E-state index contributed by atoms with van der Waals surface area (Å²) in [7, 11) is 1.54. The molecule has 2 atom stereocenters. The normalized spacial score (nSPS) is 18.5. The molecular weight excluding hydrogens is 439 g/mol. The van der Waals surface area contributed by atoms with Crippen LogP contribution in [0.2, 0.25) is 5.02 Å². The number of methoxy groups -OCH3 is 1. The van der Waals surface area contributed by atoms with Crippen LogP contribution in [-0.4, -0.2) is 58.4 Å². The molecule has 0 aliphatic heterocycles. The quantitative estimate of drug-likeness (QED) is 0.456. The lowest BCUT2D eigenvalue weighted by Gasteiger charge is -2.30. The summed E-state index contributed by atoms with van der Waals surface area (Å²) in [4.78, 5) is 27.7. The van der Waals surface area contributed by atoms with Gasteiger partial charge in [0.2, 0.25) is 0 Å². The van der Waals surface area contributed by atoms with Crippen molar-refractivity contribution in [3.8, 4) is 11.4 Å². The minimum atomic E-state index is -0.543. The summed E-state index contributed by atoms with van der Waals surface area (Å²) in [6.07, 6.45) is 7.12. The zero-order chi connectivity index (χ0) is 22.5. The first-order chi connectivity index (χ1) is 15.5. The molecule has 11 heteroatoms. The molecule has 0 bridgehead atoms. The molecule has 170 valence electrons. The highest BCUT2D eigenvalue weighted by molar-refractivity contribution is 6.31. The van der Waals surface area contributed by atoms with Gasteiger partial charge in [-0.3, -0.25) is 0 Å². The van der Waals surface area contributed by atoms with Crippen LogP contribution in [0.1, 0.15) is 25.7 Å². The van der Waals surface area contributed by atoms with E-state index in [0.29, 0.717) is 35.1 Å². The minimum Gasteiger partial charge on any atom is -0.447 e. The lowest BCUT2D eigenvalue weighted by Crippen LogP contribution is -2.42. The van der Waals surface area contributed by atoms with Gasteiger partial charge in [0.25, 0.3) is 0 Å². The number of pyridine rings is 1. The summed E-state index contributed by atoms with van der Waals surface area (Å²) in [6.45, 7) is 0.538. The first-order valence-corrected chi connectivity index (χ1v) is 10.8. The third-order valence-electron chi connectivity index (χ3n) is 5.34. The van der Waals surface area contributed by atoms with Gasteiger partial charge in [0.15, 0.2) is 17.5 Å². The van der Waals surface area contributed by atoms with Crippen molar-refractivity contribution in [2.45, 2.75) is 37.8 Å². The fraction of sp³-hybridized carbons (Fsp3) is 0.429. The molecular formula is C21H24ClFN6O3. The lowest BCUT2D eigenvalue weighted by atomic mass is 9.91. The Morgan fingerprint density at radius 3 is 2.97 bits per heavy atom. The summed E-state index contributed by atoms with van der Waals surface area (Å²) in [5.74, 6) is -0.0668. The van der Waals surface area contributed by atoms with Crippen molar-refractivity contribution in [2.75, 3.05) is 25.6 Å². The van der Waals surface area contributed by atoms with Crippen LogP contribution in [0.15, 0.2) is 24.7 Å². The van der Waals surface area contributed by atoms with E-state index in [1.54, 1.807) is 25.6 Å². The van der Waals surface area contributed by atoms with Gasteiger partial charge in [-0.1, -0.05) is 11.6 Å². The molecule has 2 unspecified atom stereocenters. The number of aromatic nitrogens is 4. The molecule has 3 heterocycles. The van der Waals surface area contributed by atoms with Crippen LogP contribution in [-0.2, 0) is 9.47 Å². The second kappa shape index (κ2) is 10.1. The highest BCUT2D eigenvalue weighted by atomic mass is 35.5. The van der Waals surface area contributed by atoms with E-state index in [1.807, 2.05) is 0 Å². The molecule has 0 radical (unpaired) electrons. The topological polar surface area (TPSA) is 114 Å². The number of hydrogen-bond acceptors (Lipinski definition) is 7. The first-order valence-electron chi connectivity index (χ1n) is 10.4. The van der Waals surface area contributed by atoms with E-state index >= 15 is 0 Å². The zero-order valence-corrected chi connectivity index (χ0v) is 18.3. The molecule has 1 amide bonds. The van der Waals surface area contributed by atoms with Crippen LogP contribution in [0.3, 0.4) is 0 Å². The van der Waals surface area contributed by atoms with Gasteiger partial charge in [0.1, 0.15) is 12.3 Å². The Hall–Kier alpha value is -2.98. The van der Waals surface area contributed by atoms with Crippen molar-refractivity contribution >= 4 is 34.5 Å². The van der Waals surface area contributed by atoms with Crippen LogP contribution < -0.4 is 10.6 Å². The Balaban J connectivity index is 1.45. The molecule has 32 heavy (non-hydrogen) atoms. The van der Waals surface area contributed by atoms with E-state index in [9.17, 15) is 9.18 Å². The molecule has 1 saturated carbocycles. The van der Waals surface area contributed by atoms with E-state index in [4.69, 9.17) is 21.1 Å². The number of ether oxygens (including phenoxy) is 2. The van der Waals surface area contributed by atoms with Gasteiger partial charge in [0.05, 0.1) is 17.8 Å². The number of nitrogens with zero attached hydrogens (tertiary/aromatic N) is 3. The van der Waals surface area contributed by atoms with Crippen LogP contribution in [0.5, 0.6) is 0 Å². The molecule has 3 N–H and O–H groups in total. The van der Waals surface area contributed by atoms with Crippen LogP contribution in [0.25, 0.3) is 22.4 Å². The number of rotatable bonds is 7. The van der Waals surface area contributed by atoms with Crippen molar-refractivity contribution in [3.63, 3.8) is 0 Å². The fourth-order valence-corrected chi connectivity index (χ4v) is 3.99. The van der Waals surface area contributed by atoms with Crippen LogP contribution >= 0.6 is 11.6 Å². The molecule has 0 aromatic carbocycles. The van der Waals surface area contributed by atoms with Gasteiger partial charge < -0.3 is 25.1 Å². The molecule has 9 nitrogen and oxygen atoms in total. The van der Waals surface area contributed by atoms with Crippen LogP contribution in [0.4, 0.5) is 15.0 Å². The van der Waals surface area contributed by atoms with E-state index in [-0.39, 0.29) is 24.5 Å². The van der Waals surface area contributed by atoms with Gasteiger partial charge in [-0.2, -0.15) is 0 Å². The Labute approximate surface area is 189 Å². The number of H-pyrrole nitrogens is 1. The molecule has 1 aliphatic carbocycles. The highest BCUT2D eigenvalue weighted by Gasteiger charge is 2.25. The average Bonchev–Trinajstić information content (AvgIpc) is 3.19. The number of nitrogens with one attached hydrogen (secondary N) is 3. The number of fused-ring (bicyclic) bond motifs is 1. The second-order valence-electron chi connectivity index (χ2n) is 7.62. The third-order valence-corrected chi connectivity index (χ3v) is 5.55. The number of amides is 1. The fourth-order valence-electron chi connectivity index (χ4n) is 3.83. The summed E-state index contributed by atoms with van der Waals surface area (Å²) in [5.41, 5.74) is 1.32. The predicted molar refractivity (Wildman–Crippen MR) is 118 cm³/mol. The second-order valence-corrected chi connectivity index (χ2v) is 8.06. The predicted octanol–water partition coefficient (Wildman–Crippen LogP) is 3.91. The molecule has 0 saturated heterocycles. The zero-order valence-electron chi connectivity index (χ0n) is 17.5. The molecule has 3 aromatic rings. The average molecular weight is 463 g/mol.